The lowest BCUT2D eigenvalue weighted by Crippen LogP contribution is -2.43. The average molecular weight is 596 g/mol. The standard InChI is InChI=1S/C27H41ClN6O5S/c1-37-16-21(17-38-2)34-10-8-18-12-24(25(39-3)13-19(18)9-11-34)32-27-29-15-22(28)26(33-27)31-23-7-5-4-6-20(23)14-30-40(35)36/h12-13,15,20-21,23,30H,4-11,14,16-17H2,1-3H3,(H,35,36)(H2,29,31,32,33)/p-1/t20-,23-/m1/s1. The van der Waals surface area contributed by atoms with Gasteiger partial charge in [0.1, 0.15) is 10.8 Å². The molecule has 13 heteroatoms. The van der Waals surface area contributed by atoms with Crippen LogP contribution in [0.1, 0.15) is 36.8 Å². The van der Waals surface area contributed by atoms with Crippen molar-refractivity contribution in [3.05, 3.63) is 34.5 Å². The van der Waals surface area contributed by atoms with E-state index >= 15 is 0 Å². The van der Waals surface area contributed by atoms with Gasteiger partial charge in [0.05, 0.1) is 38.2 Å². The molecule has 40 heavy (non-hydrogen) atoms. The molecule has 1 aliphatic heterocycles. The van der Waals surface area contributed by atoms with E-state index in [1.165, 1.54) is 11.1 Å². The number of anilines is 3. The van der Waals surface area contributed by atoms with Crippen molar-refractivity contribution in [3.63, 3.8) is 0 Å². The lowest BCUT2D eigenvalue weighted by Gasteiger charge is -2.33. The molecule has 1 fully saturated rings. The fourth-order valence-corrected chi connectivity index (χ4v) is 6.19. The maximum atomic E-state index is 11.0. The van der Waals surface area contributed by atoms with Crippen LogP contribution in [0.5, 0.6) is 5.75 Å². The van der Waals surface area contributed by atoms with E-state index in [9.17, 15) is 8.76 Å². The molecule has 1 aliphatic carbocycles. The molecule has 2 heterocycles. The summed E-state index contributed by atoms with van der Waals surface area (Å²) in [4.78, 5) is 11.5. The van der Waals surface area contributed by atoms with Crippen LogP contribution in [0.2, 0.25) is 5.02 Å². The number of halogens is 1. The fraction of sp³-hybridized carbons (Fsp3) is 0.630. The molecule has 3 N–H and O–H groups in total. The molecule has 4 rings (SSSR count). The predicted molar refractivity (Wildman–Crippen MR) is 156 cm³/mol. The van der Waals surface area contributed by atoms with Gasteiger partial charge < -0.3 is 29.4 Å². The van der Waals surface area contributed by atoms with Crippen LogP contribution in [-0.4, -0.2) is 89.9 Å². The summed E-state index contributed by atoms with van der Waals surface area (Å²) in [6.07, 6.45) is 7.32. The number of fused-ring (bicyclic) bond motifs is 1. The summed E-state index contributed by atoms with van der Waals surface area (Å²) in [5.41, 5.74) is 3.29. The number of rotatable bonds is 13. The zero-order valence-electron chi connectivity index (χ0n) is 23.4. The number of benzene rings is 1. The van der Waals surface area contributed by atoms with Gasteiger partial charge in [0.25, 0.3) is 0 Å². The number of aromatic nitrogens is 2. The van der Waals surface area contributed by atoms with Crippen molar-refractivity contribution >= 4 is 40.3 Å². The highest BCUT2D eigenvalue weighted by Gasteiger charge is 2.27. The van der Waals surface area contributed by atoms with E-state index in [1.54, 1.807) is 27.5 Å². The molecule has 3 atom stereocenters. The summed E-state index contributed by atoms with van der Waals surface area (Å²) >= 11 is 4.19. The molecule has 0 bridgehead atoms. The van der Waals surface area contributed by atoms with Crippen LogP contribution in [0.15, 0.2) is 18.3 Å². The third kappa shape index (κ3) is 8.25. The molecule has 222 valence electrons. The monoisotopic (exact) mass is 595 g/mol. The van der Waals surface area contributed by atoms with Gasteiger partial charge in [-0.05, 0) is 54.9 Å². The normalized spacial score (nSPS) is 20.6. The predicted octanol–water partition coefficient (Wildman–Crippen LogP) is 3.30. The van der Waals surface area contributed by atoms with Crippen molar-refractivity contribution in [1.29, 1.82) is 0 Å². The Balaban J connectivity index is 1.49. The van der Waals surface area contributed by atoms with Crippen LogP contribution < -0.4 is 20.1 Å². The van der Waals surface area contributed by atoms with Crippen molar-refractivity contribution in [2.75, 3.05) is 64.8 Å². The first kappa shape index (κ1) is 30.9. The third-order valence-corrected chi connectivity index (χ3v) is 8.46. The first-order chi connectivity index (χ1) is 19.4. The van der Waals surface area contributed by atoms with Crippen LogP contribution in [0, 0.1) is 5.92 Å². The number of hydrogen-bond acceptors (Lipinski definition) is 10. The highest BCUT2D eigenvalue weighted by atomic mass is 35.5. The highest BCUT2D eigenvalue weighted by Crippen LogP contribution is 2.34. The number of ether oxygens (including phenoxy) is 3. The molecule has 0 amide bonds. The Hall–Kier alpha value is -2.06. The van der Waals surface area contributed by atoms with Gasteiger partial charge in [-0.2, -0.15) is 4.98 Å². The lowest BCUT2D eigenvalue weighted by molar-refractivity contribution is 0.0377. The van der Waals surface area contributed by atoms with E-state index in [-0.39, 0.29) is 18.0 Å². The van der Waals surface area contributed by atoms with Crippen molar-refractivity contribution in [1.82, 2.24) is 19.6 Å². The molecular weight excluding hydrogens is 556 g/mol. The van der Waals surface area contributed by atoms with Crippen LogP contribution in [0.25, 0.3) is 0 Å². The number of nitrogens with zero attached hydrogens (tertiary/aromatic N) is 3. The van der Waals surface area contributed by atoms with E-state index in [1.807, 2.05) is 0 Å². The maximum absolute atomic E-state index is 11.0. The van der Waals surface area contributed by atoms with Crippen LogP contribution >= 0.6 is 11.6 Å². The van der Waals surface area contributed by atoms with E-state index in [4.69, 9.17) is 25.8 Å². The summed E-state index contributed by atoms with van der Waals surface area (Å²) in [6, 6.07) is 4.47. The zero-order valence-corrected chi connectivity index (χ0v) is 25.0. The Morgan fingerprint density at radius 2 is 1.82 bits per heavy atom. The highest BCUT2D eigenvalue weighted by molar-refractivity contribution is 7.77. The quantitative estimate of drug-likeness (QED) is 0.296. The molecule has 0 radical (unpaired) electrons. The second-order valence-corrected chi connectivity index (χ2v) is 11.5. The minimum atomic E-state index is -2.29. The average Bonchev–Trinajstić information content (AvgIpc) is 3.16. The van der Waals surface area contributed by atoms with Crippen molar-refractivity contribution < 1.29 is 23.0 Å². The van der Waals surface area contributed by atoms with E-state index in [2.05, 4.69) is 42.4 Å². The molecule has 0 spiro atoms. The molecular formula is C27H40ClN6O5S-. The second-order valence-electron chi connectivity index (χ2n) is 10.3. The van der Waals surface area contributed by atoms with Crippen molar-refractivity contribution in [2.24, 2.45) is 5.92 Å². The Labute approximate surface area is 244 Å². The smallest absolute Gasteiger partial charge is 0.229 e. The van der Waals surface area contributed by atoms with Gasteiger partial charge in [-0.1, -0.05) is 24.4 Å². The Morgan fingerprint density at radius 1 is 1.12 bits per heavy atom. The van der Waals surface area contributed by atoms with Crippen LogP contribution in [0.4, 0.5) is 17.5 Å². The van der Waals surface area contributed by atoms with Gasteiger partial charge in [0, 0.05) is 51.2 Å². The Kier molecular flexibility index (Phi) is 11.8. The van der Waals surface area contributed by atoms with Crippen molar-refractivity contribution in [3.8, 4) is 5.75 Å². The minimum Gasteiger partial charge on any atom is -0.760 e. The molecule has 1 unspecified atom stereocenters. The van der Waals surface area contributed by atoms with Crippen LogP contribution in [-0.2, 0) is 33.6 Å². The largest absolute Gasteiger partial charge is 0.760 e. The molecule has 0 saturated heterocycles. The van der Waals surface area contributed by atoms with E-state index < -0.39 is 11.3 Å². The van der Waals surface area contributed by atoms with Gasteiger partial charge in [0.15, 0.2) is 5.82 Å². The number of hydrogen-bond donors (Lipinski definition) is 3. The first-order valence-electron chi connectivity index (χ1n) is 13.7. The van der Waals surface area contributed by atoms with Gasteiger partial charge in [-0.25, -0.2) is 9.71 Å². The summed E-state index contributed by atoms with van der Waals surface area (Å²) in [6.45, 7) is 3.45. The third-order valence-electron chi connectivity index (χ3n) is 7.78. The van der Waals surface area contributed by atoms with Gasteiger partial charge >= 0.3 is 0 Å². The molecule has 1 aromatic heterocycles. The van der Waals surface area contributed by atoms with Gasteiger partial charge in [0.2, 0.25) is 5.95 Å². The lowest BCUT2D eigenvalue weighted by atomic mass is 9.84. The second kappa shape index (κ2) is 15.2. The zero-order chi connectivity index (χ0) is 28.5. The number of nitrogens with one attached hydrogen (secondary N) is 3. The first-order valence-corrected chi connectivity index (χ1v) is 15.2. The number of methoxy groups -OCH3 is 3. The van der Waals surface area contributed by atoms with Gasteiger partial charge in [-0.15, -0.1) is 0 Å². The summed E-state index contributed by atoms with van der Waals surface area (Å²) in [5, 5.41) is 7.19. The van der Waals surface area contributed by atoms with E-state index in [0.29, 0.717) is 36.5 Å². The summed E-state index contributed by atoms with van der Waals surface area (Å²) < 4.78 is 41.2. The van der Waals surface area contributed by atoms with E-state index in [0.717, 1.165) is 63.1 Å². The Bertz CT molecular complexity index is 1140. The molecule has 2 aliphatic rings. The van der Waals surface area contributed by atoms with Gasteiger partial charge in [-0.3, -0.25) is 9.11 Å². The SMILES string of the molecule is COCC(COC)N1CCc2cc(Nc3ncc(Cl)c(N[C@@H]4CCCC[C@@H]4CNS(=O)[O-])n3)c(OC)cc2CC1. The fourth-order valence-electron chi connectivity index (χ4n) is 5.69. The molecule has 2 aromatic rings. The van der Waals surface area contributed by atoms with Crippen LogP contribution in [0.3, 0.4) is 0 Å². The molecule has 11 nitrogen and oxygen atoms in total. The minimum absolute atomic E-state index is 0.0510. The maximum Gasteiger partial charge on any atom is 0.229 e. The molecule has 1 aromatic carbocycles. The Morgan fingerprint density at radius 3 is 2.50 bits per heavy atom. The summed E-state index contributed by atoms with van der Waals surface area (Å²) in [5.74, 6) is 1.78. The summed E-state index contributed by atoms with van der Waals surface area (Å²) in [7, 11) is 5.10. The van der Waals surface area contributed by atoms with Crippen molar-refractivity contribution in [2.45, 2.75) is 50.6 Å². The topological polar surface area (TPSA) is 133 Å². The molecule has 1 saturated carbocycles.